The SMILES string of the molecule is O=C(/C=C/c1cccc([N+](=O)[O-])c1)N(C1CCCCC1)C1CCCCC1. The molecule has 0 saturated heterocycles. The lowest BCUT2D eigenvalue weighted by molar-refractivity contribution is -0.384. The van der Waals surface area contributed by atoms with Gasteiger partial charge in [-0.15, -0.1) is 0 Å². The molecule has 0 aliphatic heterocycles. The average Bonchev–Trinajstić information content (AvgIpc) is 2.68. The molecule has 1 amide bonds. The van der Waals surface area contributed by atoms with Crippen LogP contribution in [0.4, 0.5) is 5.69 Å². The van der Waals surface area contributed by atoms with Crippen molar-refractivity contribution in [1.82, 2.24) is 4.90 Å². The van der Waals surface area contributed by atoms with Crippen LogP contribution in [0.1, 0.15) is 69.8 Å². The Kier molecular flexibility index (Phi) is 6.42. The maximum atomic E-state index is 13.0. The van der Waals surface area contributed by atoms with Gasteiger partial charge in [-0.05, 0) is 37.3 Å². The Labute approximate surface area is 155 Å². The van der Waals surface area contributed by atoms with Crippen LogP contribution in [0.25, 0.3) is 6.08 Å². The summed E-state index contributed by atoms with van der Waals surface area (Å²) in [7, 11) is 0. The van der Waals surface area contributed by atoms with E-state index >= 15 is 0 Å². The second-order valence-corrected chi connectivity index (χ2v) is 7.51. The topological polar surface area (TPSA) is 63.4 Å². The van der Waals surface area contributed by atoms with Crippen molar-refractivity contribution >= 4 is 17.7 Å². The highest BCUT2D eigenvalue weighted by atomic mass is 16.6. The van der Waals surface area contributed by atoms with Crippen LogP contribution in [0.3, 0.4) is 0 Å². The van der Waals surface area contributed by atoms with E-state index in [9.17, 15) is 14.9 Å². The Morgan fingerprint density at radius 3 is 2.12 bits per heavy atom. The van der Waals surface area contributed by atoms with E-state index in [4.69, 9.17) is 0 Å². The third kappa shape index (κ3) is 4.71. The Morgan fingerprint density at radius 2 is 1.58 bits per heavy atom. The van der Waals surface area contributed by atoms with E-state index in [1.165, 1.54) is 50.7 Å². The molecule has 0 unspecified atom stereocenters. The fraction of sp³-hybridized carbons (Fsp3) is 0.571. The molecule has 2 aliphatic rings. The number of carbonyl (C=O) groups excluding carboxylic acids is 1. The highest BCUT2D eigenvalue weighted by Gasteiger charge is 2.31. The molecule has 0 N–H and O–H groups in total. The number of nitrogens with zero attached hydrogens (tertiary/aromatic N) is 2. The number of rotatable bonds is 5. The summed E-state index contributed by atoms with van der Waals surface area (Å²) in [5.41, 5.74) is 0.746. The fourth-order valence-corrected chi connectivity index (χ4v) is 4.37. The average molecular weight is 356 g/mol. The Morgan fingerprint density at radius 1 is 1.00 bits per heavy atom. The van der Waals surface area contributed by atoms with Crippen LogP contribution >= 0.6 is 0 Å². The summed E-state index contributed by atoms with van der Waals surface area (Å²) in [6.45, 7) is 0. The molecule has 0 atom stereocenters. The van der Waals surface area contributed by atoms with Crippen molar-refractivity contribution in [2.45, 2.75) is 76.3 Å². The van der Waals surface area contributed by atoms with E-state index < -0.39 is 4.92 Å². The van der Waals surface area contributed by atoms with Gasteiger partial charge in [-0.3, -0.25) is 14.9 Å². The molecule has 0 radical (unpaired) electrons. The second-order valence-electron chi connectivity index (χ2n) is 7.51. The van der Waals surface area contributed by atoms with Crippen LogP contribution < -0.4 is 0 Å². The van der Waals surface area contributed by atoms with E-state index in [0.717, 1.165) is 25.7 Å². The summed E-state index contributed by atoms with van der Waals surface area (Å²) in [6, 6.07) is 7.14. The molecule has 0 spiro atoms. The van der Waals surface area contributed by atoms with Gasteiger partial charge in [-0.2, -0.15) is 0 Å². The van der Waals surface area contributed by atoms with Gasteiger partial charge in [-0.25, -0.2) is 0 Å². The lowest BCUT2D eigenvalue weighted by Crippen LogP contribution is -2.48. The van der Waals surface area contributed by atoms with Gasteiger partial charge in [0.2, 0.25) is 5.91 Å². The summed E-state index contributed by atoms with van der Waals surface area (Å²) < 4.78 is 0. The van der Waals surface area contributed by atoms with Crippen molar-refractivity contribution in [3.05, 3.63) is 46.0 Å². The van der Waals surface area contributed by atoms with Gasteiger partial charge >= 0.3 is 0 Å². The molecule has 5 nitrogen and oxygen atoms in total. The minimum Gasteiger partial charge on any atom is -0.333 e. The van der Waals surface area contributed by atoms with Gasteiger partial charge in [0.1, 0.15) is 0 Å². The number of nitro groups is 1. The van der Waals surface area contributed by atoms with Crippen molar-refractivity contribution in [3.8, 4) is 0 Å². The maximum Gasteiger partial charge on any atom is 0.270 e. The van der Waals surface area contributed by atoms with Gasteiger partial charge in [0.05, 0.1) is 4.92 Å². The summed E-state index contributed by atoms with van der Waals surface area (Å²) in [5.74, 6) is 0.0651. The summed E-state index contributed by atoms with van der Waals surface area (Å²) in [4.78, 5) is 25.7. The third-order valence-electron chi connectivity index (χ3n) is 5.69. The minimum absolute atomic E-state index is 0.0519. The van der Waals surface area contributed by atoms with Crippen LogP contribution in [0.2, 0.25) is 0 Å². The largest absolute Gasteiger partial charge is 0.333 e. The van der Waals surface area contributed by atoms with Crippen molar-refractivity contribution in [3.63, 3.8) is 0 Å². The number of benzene rings is 1. The third-order valence-corrected chi connectivity index (χ3v) is 5.69. The van der Waals surface area contributed by atoms with Crippen LogP contribution in [0, 0.1) is 10.1 Å². The number of carbonyl (C=O) groups is 1. The molecule has 2 saturated carbocycles. The smallest absolute Gasteiger partial charge is 0.270 e. The predicted octanol–water partition coefficient (Wildman–Crippen LogP) is 5.10. The van der Waals surface area contributed by atoms with Gasteiger partial charge in [-0.1, -0.05) is 50.7 Å². The molecular weight excluding hydrogens is 328 g/mol. The molecule has 2 fully saturated rings. The van der Waals surface area contributed by atoms with Crippen LogP contribution in [0.15, 0.2) is 30.3 Å². The molecule has 2 aliphatic carbocycles. The first-order valence-corrected chi connectivity index (χ1v) is 9.90. The fourth-order valence-electron chi connectivity index (χ4n) is 4.37. The van der Waals surface area contributed by atoms with E-state index in [2.05, 4.69) is 4.90 Å². The molecule has 0 aromatic heterocycles. The zero-order valence-electron chi connectivity index (χ0n) is 15.3. The highest BCUT2D eigenvalue weighted by Crippen LogP contribution is 2.30. The normalized spacial score (nSPS) is 19.5. The van der Waals surface area contributed by atoms with Crippen LogP contribution in [0.5, 0.6) is 0 Å². The van der Waals surface area contributed by atoms with Crippen LogP contribution in [-0.2, 0) is 4.79 Å². The number of hydrogen-bond donors (Lipinski definition) is 0. The van der Waals surface area contributed by atoms with Crippen molar-refractivity contribution < 1.29 is 9.72 Å². The molecule has 5 heteroatoms. The summed E-state index contributed by atoms with van der Waals surface area (Å²) in [5, 5.41) is 10.9. The molecule has 1 aromatic rings. The first-order chi connectivity index (χ1) is 12.6. The molecule has 0 heterocycles. The summed E-state index contributed by atoms with van der Waals surface area (Å²) >= 11 is 0. The van der Waals surface area contributed by atoms with Gasteiger partial charge in [0, 0.05) is 30.3 Å². The molecular formula is C21H28N2O3. The molecule has 26 heavy (non-hydrogen) atoms. The van der Waals surface area contributed by atoms with Gasteiger partial charge in [0.15, 0.2) is 0 Å². The number of hydrogen-bond acceptors (Lipinski definition) is 3. The Balaban J connectivity index is 1.75. The number of non-ortho nitro benzene ring substituents is 1. The lowest BCUT2D eigenvalue weighted by atomic mass is 9.88. The monoisotopic (exact) mass is 356 g/mol. The first-order valence-electron chi connectivity index (χ1n) is 9.90. The van der Waals surface area contributed by atoms with Gasteiger partial charge < -0.3 is 4.90 Å². The number of nitro benzene ring substituents is 1. The molecule has 0 bridgehead atoms. The van der Waals surface area contributed by atoms with Crippen molar-refractivity contribution in [2.24, 2.45) is 0 Å². The first kappa shape index (κ1) is 18.6. The standard InChI is InChI=1S/C21H28N2O3/c24-21(15-14-17-8-7-13-20(16-17)23(25)26)22(18-9-3-1-4-10-18)19-11-5-2-6-12-19/h7-8,13-16,18-19H,1-6,9-12H2/b15-14+. The van der Waals surface area contributed by atoms with Crippen LogP contribution in [-0.4, -0.2) is 27.8 Å². The zero-order chi connectivity index (χ0) is 18.4. The van der Waals surface area contributed by atoms with Crippen molar-refractivity contribution in [1.29, 1.82) is 0 Å². The molecule has 3 rings (SSSR count). The predicted molar refractivity (Wildman–Crippen MR) is 103 cm³/mol. The van der Waals surface area contributed by atoms with E-state index in [1.54, 1.807) is 24.3 Å². The van der Waals surface area contributed by atoms with E-state index in [1.807, 2.05) is 0 Å². The Hall–Kier alpha value is -2.17. The zero-order valence-corrected chi connectivity index (χ0v) is 15.3. The molecule has 140 valence electrons. The Bertz CT molecular complexity index is 641. The second kappa shape index (κ2) is 8.97. The quantitative estimate of drug-likeness (QED) is 0.419. The lowest BCUT2D eigenvalue weighted by Gasteiger charge is -2.41. The highest BCUT2D eigenvalue weighted by molar-refractivity contribution is 5.92. The van der Waals surface area contributed by atoms with E-state index in [-0.39, 0.29) is 11.6 Å². The summed E-state index contributed by atoms with van der Waals surface area (Å²) in [6.07, 6.45) is 15.1. The number of amides is 1. The maximum absolute atomic E-state index is 13.0. The molecule has 1 aromatic carbocycles. The van der Waals surface area contributed by atoms with Crippen molar-refractivity contribution in [2.75, 3.05) is 0 Å². The van der Waals surface area contributed by atoms with Gasteiger partial charge in [0.25, 0.3) is 5.69 Å². The van der Waals surface area contributed by atoms with E-state index in [0.29, 0.717) is 17.6 Å². The minimum atomic E-state index is -0.407.